The molecule has 1 aromatic carbocycles. The first kappa shape index (κ1) is 15.7. The average molecular weight is 284 g/mol. The van der Waals surface area contributed by atoms with E-state index in [0.717, 1.165) is 0 Å². The monoisotopic (exact) mass is 284 g/mol. The average Bonchev–Trinajstić information content (AvgIpc) is 2.19. The van der Waals surface area contributed by atoms with E-state index in [1.807, 2.05) is 0 Å². The Bertz CT molecular complexity index is 536. The summed E-state index contributed by atoms with van der Waals surface area (Å²) < 4.78 is 37.7. The Labute approximate surface area is 113 Å². The number of anilines is 1. The number of nitrogens with two attached hydrogens (primary N) is 1. The summed E-state index contributed by atoms with van der Waals surface area (Å²) in [7, 11) is -1.56. The molecule has 0 radical (unpaired) electrons. The van der Waals surface area contributed by atoms with Crippen molar-refractivity contribution in [1.29, 1.82) is 0 Å². The third-order valence-electron chi connectivity index (χ3n) is 2.59. The van der Waals surface area contributed by atoms with E-state index >= 15 is 0 Å². The molecule has 0 heterocycles. The van der Waals surface area contributed by atoms with Gasteiger partial charge in [0.25, 0.3) is 0 Å². The Hall–Kier alpha value is -1.35. The molecule has 19 heavy (non-hydrogen) atoms. The van der Waals surface area contributed by atoms with E-state index in [1.54, 1.807) is 13.0 Å². The SMILES string of the molecule is Cc1c(N)cc(C#C[Si](C)(C)C)cc1C[B-](F)(F)F. The van der Waals surface area contributed by atoms with Crippen LogP contribution in [0, 0.1) is 18.4 Å². The Balaban J connectivity index is 3.19. The van der Waals surface area contributed by atoms with Crippen molar-refractivity contribution < 1.29 is 12.9 Å². The highest BCUT2D eigenvalue weighted by molar-refractivity contribution is 6.83. The molecule has 0 fully saturated rings. The molecule has 0 saturated heterocycles. The molecule has 0 saturated carbocycles. The van der Waals surface area contributed by atoms with Crippen molar-refractivity contribution in [2.75, 3.05) is 5.73 Å². The second kappa shape index (κ2) is 5.34. The molecule has 2 N–H and O–H groups in total. The zero-order chi connectivity index (χ0) is 14.8. The Kier molecular flexibility index (Phi) is 4.41. The third kappa shape index (κ3) is 5.43. The molecule has 0 atom stereocenters. The van der Waals surface area contributed by atoms with E-state index in [0.29, 0.717) is 16.8 Å². The largest absolute Gasteiger partial charge is 0.482 e. The molecule has 104 valence electrons. The molecular formula is C13H18BF3NSi-. The van der Waals surface area contributed by atoms with Gasteiger partial charge in [-0.2, -0.15) is 0 Å². The molecule has 0 bridgehead atoms. The van der Waals surface area contributed by atoms with Crippen LogP contribution in [0.1, 0.15) is 16.7 Å². The standard InChI is InChI=1S/C13H18BF3NSi/c1-10-12(9-14(15,16)17)7-11(8-13(10)18)5-6-19(2,3)4/h7-8H,9,18H2,1-4H3/q-1. The van der Waals surface area contributed by atoms with E-state index < -0.39 is 21.4 Å². The molecule has 1 nitrogen and oxygen atoms in total. The summed E-state index contributed by atoms with van der Waals surface area (Å²) in [6.45, 7) is 2.99. The molecule has 0 unspecified atom stereocenters. The topological polar surface area (TPSA) is 26.0 Å². The van der Waals surface area contributed by atoms with Crippen LogP contribution in [-0.4, -0.2) is 15.1 Å². The predicted molar refractivity (Wildman–Crippen MR) is 78.6 cm³/mol. The van der Waals surface area contributed by atoms with E-state index in [4.69, 9.17) is 5.73 Å². The third-order valence-corrected chi connectivity index (χ3v) is 3.46. The minimum Gasteiger partial charge on any atom is -0.449 e. The summed E-state index contributed by atoms with van der Waals surface area (Å²) in [5.74, 6) is 2.95. The Morgan fingerprint density at radius 3 is 2.26 bits per heavy atom. The van der Waals surface area contributed by atoms with Crippen molar-refractivity contribution in [3.8, 4) is 11.5 Å². The lowest BCUT2D eigenvalue weighted by atomic mass is 9.79. The molecule has 0 aliphatic carbocycles. The summed E-state index contributed by atoms with van der Waals surface area (Å²) >= 11 is 0. The maximum absolute atomic E-state index is 12.6. The van der Waals surface area contributed by atoms with Gasteiger partial charge in [-0.15, -0.1) is 5.54 Å². The fourth-order valence-corrected chi connectivity index (χ4v) is 2.11. The fourth-order valence-electron chi connectivity index (χ4n) is 1.59. The number of halogens is 3. The molecule has 0 aliphatic heterocycles. The number of hydrogen-bond acceptors (Lipinski definition) is 1. The van der Waals surface area contributed by atoms with Gasteiger partial charge in [0.2, 0.25) is 0 Å². The van der Waals surface area contributed by atoms with Gasteiger partial charge in [0.15, 0.2) is 0 Å². The first-order chi connectivity index (χ1) is 8.48. The highest BCUT2D eigenvalue weighted by Crippen LogP contribution is 2.24. The van der Waals surface area contributed by atoms with Gasteiger partial charge in [0, 0.05) is 11.3 Å². The molecule has 0 amide bonds. The second-order valence-corrected chi connectivity index (χ2v) is 10.5. The summed E-state index contributed by atoms with van der Waals surface area (Å²) in [5.41, 5.74) is 10.6. The minimum absolute atomic E-state index is 0.229. The Morgan fingerprint density at radius 1 is 1.21 bits per heavy atom. The highest BCUT2D eigenvalue weighted by atomic mass is 28.3. The van der Waals surface area contributed by atoms with Gasteiger partial charge in [0.05, 0.1) is 0 Å². The molecule has 1 rings (SSSR count). The lowest BCUT2D eigenvalue weighted by Crippen LogP contribution is -2.20. The van der Waals surface area contributed by atoms with E-state index in [2.05, 4.69) is 31.1 Å². The van der Waals surface area contributed by atoms with Crippen molar-refractivity contribution in [2.24, 2.45) is 0 Å². The Morgan fingerprint density at radius 2 is 1.79 bits per heavy atom. The minimum atomic E-state index is -4.86. The van der Waals surface area contributed by atoms with Gasteiger partial charge >= 0.3 is 6.98 Å². The molecule has 6 heteroatoms. The quantitative estimate of drug-likeness (QED) is 0.500. The lowest BCUT2D eigenvalue weighted by Gasteiger charge is -2.17. The summed E-state index contributed by atoms with van der Waals surface area (Å²) in [5, 5.41) is 0. The van der Waals surface area contributed by atoms with E-state index in [1.165, 1.54) is 6.07 Å². The van der Waals surface area contributed by atoms with Crippen molar-refractivity contribution in [1.82, 2.24) is 0 Å². The summed E-state index contributed by atoms with van der Waals surface area (Å²) in [6.07, 6.45) is -0.904. The zero-order valence-corrected chi connectivity index (χ0v) is 12.7. The molecule has 0 spiro atoms. The maximum Gasteiger partial charge on any atom is 0.482 e. The van der Waals surface area contributed by atoms with Crippen LogP contribution in [0.3, 0.4) is 0 Å². The normalized spacial score (nSPS) is 11.9. The van der Waals surface area contributed by atoms with Crippen LogP contribution in [0.5, 0.6) is 0 Å². The van der Waals surface area contributed by atoms with Crippen molar-refractivity contribution in [3.05, 3.63) is 28.8 Å². The van der Waals surface area contributed by atoms with Crippen LogP contribution in [0.15, 0.2) is 12.1 Å². The molecule has 1 aromatic rings. The first-order valence-electron chi connectivity index (χ1n) is 6.11. The van der Waals surface area contributed by atoms with Gasteiger partial charge in [-0.05, 0) is 24.6 Å². The van der Waals surface area contributed by atoms with Crippen molar-refractivity contribution >= 4 is 20.7 Å². The van der Waals surface area contributed by atoms with Crippen LogP contribution >= 0.6 is 0 Å². The van der Waals surface area contributed by atoms with Gasteiger partial charge in [-0.1, -0.05) is 37.4 Å². The lowest BCUT2D eigenvalue weighted by molar-refractivity contribution is 0.468. The second-order valence-electron chi connectivity index (χ2n) is 5.76. The van der Waals surface area contributed by atoms with Gasteiger partial charge in [0.1, 0.15) is 8.07 Å². The summed E-state index contributed by atoms with van der Waals surface area (Å²) in [4.78, 5) is 0. The number of rotatable bonds is 2. The van der Waals surface area contributed by atoms with Crippen LogP contribution in [0.25, 0.3) is 0 Å². The highest BCUT2D eigenvalue weighted by Gasteiger charge is 2.24. The zero-order valence-electron chi connectivity index (χ0n) is 11.7. The van der Waals surface area contributed by atoms with Crippen LogP contribution < -0.4 is 5.73 Å². The fraction of sp³-hybridized carbons (Fsp3) is 0.385. The van der Waals surface area contributed by atoms with Crippen molar-refractivity contribution in [3.63, 3.8) is 0 Å². The van der Waals surface area contributed by atoms with E-state index in [9.17, 15) is 12.9 Å². The first-order valence-corrected chi connectivity index (χ1v) is 9.61. The van der Waals surface area contributed by atoms with Crippen molar-refractivity contribution in [2.45, 2.75) is 32.9 Å². The van der Waals surface area contributed by atoms with E-state index in [-0.39, 0.29) is 5.56 Å². The number of benzene rings is 1. The smallest absolute Gasteiger partial charge is 0.449 e. The predicted octanol–water partition coefficient (Wildman–Crippen LogP) is 3.74. The maximum atomic E-state index is 12.6. The van der Waals surface area contributed by atoms with Crippen LogP contribution in [0.4, 0.5) is 18.6 Å². The van der Waals surface area contributed by atoms with Crippen LogP contribution in [-0.2, 0) is 6.32 Å². The van der Waals surface area contributed by atoms with Gasteiger partial charge in [-0.3, -0.25) is 0 Å². The molecule has 0 aromatic heterocycles. The molecular weight excluding hydrogens is 266 g/mol. The van der Waals surface area contributed by atoms with Crippen LogP contribution in [0.2, 0.25) is 19.6 Å². The summed E-state index contributed by atoms with van der Waals surface area (Å²) in [6, 6.07) is 3.16. The number of nitrogen functional groups attached to an aromatic ring is 1. The molecule has 0 aliphatic rings. The number of hydrogen-bond donors (Lipinski definition) is 1. The van der Waals surface area contributed by atoms with Gasteiger partial charge < -0.3 is 18.7 Å². The van der Waals surface area contributed by atoms with Gasteiger partial charge in [-0.25, -0.2) is 0 Å².